The van der Waals surface area contributed by atoms with E-state index in [1.54, 1.807) is 0 Å². The molecular formula is C9H16O3. The maximum Gasteiger partial charge on any atom is 0.308 e. The number of carbonyl (C=O) groups is 1. The summed E-state index contributed by atoms with van der Waals surface area (Å²) >= 11 is 0. The van der Waals surface area contributed by atoms with Crippen molar-refractivity contribution in [2.45, 2.75) is 32.8 Å². The van der Waals surface area contributed by atoms with E-state index in [-0.39, 0.29) is 17.5 Å². The van der Waals surface area contributed by atoms with Crippen LogP contribution in [0.5, 0.6) is 0 Å². The number of epoxide rings is 1. The van der Waals surface area contributed by atoms with Gasteiger partial charge in [0.05, 0.1) is 12.5 Å². The standard InChI is InChI=1S/C9H16O3/c1-4-7(2)8(10)11-5-9(3)6-12-9/h7H,4-6H2,1-3H3. The Morgan fingerprint density at radius 3 is 2.75 bits per heavy atom. The molecule has 3 nitrogen and oxygen atoms in total. The van der Waals surface area contributed by atoms with Gasteiger partial charge in [-0.25, -0.2) is 0 Å². The Morgan fingerprint density at radius 2 is 2.33 bits per heavy atom. The van der Waals surface area contributed by atoms with Crippen LogP contribution in [0.25, 0.3) is 0 Å². The van der Waals surface area contributed by atoms with Gasteiger partial charge in [-0.05, 0) is 13.3 Å². The summed E-state index contributed by atoms with van der Waals surface area (Å²) in [6.07, 6.45) is 0.830. The molecule has 0 aromatic heterocycles. The number of ether oxygens (including phenoxy) is 2. The third-order valence-corrected chi connectivity index (χ3v) is 2.17. The van der Waals surface area contributed by atoms with Crippen molar-refractivity contribution in [3.63, 3.8) is 0 Å². The Morgan fingerprint density at radius 1 is 1.75 bits per heavy atom. The van der Waals surface area contributed by atoms with E-state index in [1.165, 1.54) is 0 Å². The summed E-state index contributed by atoms with van der Waals surface area (Å²) in [6.45, 7) is 6.90. The lowest BCUT2D eigenvalue weighted by Gasteiger charge is -2.10. The first-order valence-corrected chi connectivity index (χ1v) is 4.38. The van der Waals surface area contributed by atoms with Gasteiger partial charge in [-0.2, -0.15) is 0 Å². The van der Waals surface area contributed by atoms with E-state index in [0.717, 1.165) is 6.42 Å². The van der Waals surface area contributed by atoms with Gasteiger partial charge in [0.25, 0.3) is 0 Å². The Hall–Kier alpha value is -0.570. The van der Waals surface area contributed by atoms with Crippen LogP contribution in [0.1, 0.15) is 27.2 Å². The minimum absolute atomic E-state index is 0.00681. The monoisotopic (exact) mass is 172 g/mol. The minimum atomic E-state index is -0.177. The molecule has 0 saturated carbocycles. The second-order valence-corrected chi connectivity index (χ2v) is 3.66. The van der Waals surface area contributed by atoms with E-state index < -0.39 is 0 Å². The molecule has 2 unspecified atom stereocenters. The Balaban J connectivity index is 2.18. The van der Waals surface area contributed by atoms with Crippen LogP contribution in [0.15, 0.2) is 0 Å². The normalized spacial score (nSPS) is 29.6. The molecular weight excluding hydrogens is 156 g/mol. The zero-order chi connectivity index (χ0) is 9.19. The summed E-state index contributed by atoms with van der Waals surface area (Å²) in [5, 5.41) is 0. The molecule has 1 aliphatic rings. The van der Waals surface area contributed by atoms with Crippen LogP contribution in [0.4, 0.5) is 0 Å². The van der Waals surface area contributed by atoms with Gasteiger partial charge < -0.3 is 9.47 Å². The summed E-state index contributed by atoms with van der Waals surface area (Å²) in [5.74, 6) is -0.110. The average Bonchev–Trinajstić information content (AvgIpc) is 2.79. The summed E-state index contributed by atoms with van der Waals surface area (Å²) in [5.41, 5.74) is -0.177. The fourth-order valence-electron chi connectivity index (χ4n) is 0.739. The highest BCUT2D eigenvalue weighted by atomic mass is 16.6. The van der Waals surface area contributed by atoms with E-state index in [0.29, 0.717) is 13.2 Å². The van der Waals surface area contributed by atoms with Crippen LogP contribution in [0.3, 0.4) is 0 Å². The van der Waals surface area contributed by atoms with Gasteiger partial charge in [0, 0.05) is 0 Å². The van der Waals surface area contributed by atoms with Gasteiger partial charge in [0.1, 0.15) is 12.2 Å². The second-order valence-electron chi connectivity index (χ2n) is 3.66. The molecule has 0 N–H and O–H groups in total. The maximum absolute atomic E-state index is 11.2. The van der Waals surface area contributed by atoms with Crippen molar-refractivity contribution in [1.82, 2.24) is 0 Å². The molecule has 1 aliphatic heterocycles. The summed E-state index contributed by atoms with van der Waals surface area (Å²) < 4.78 is 10.1. The molecule has 1 saturated heterocycles. The van der Waals surface area contributed by atoms with Crippen LogP contribution in [-0.4, -0.2) is 24.8 Å². The summed E-state index contributed by atoms with van der Waals surface area (Å²) in [4.78, 5) is 11.2. The van der Waals surface area contributed by atoms with E-state index in [2.05, 4.69) is 0 Å². The van der Waals surface area contributed by atoms with Crippen LogP contribution >= 0.6 is 0 Å². The quantitative estimate of drug-likeness (QED) is 0.475. The molecule has 12 heavy (non-hydrogen) atoms. The fraction of sp³-hybridized carbons (Fsp3) is 0.889. The van der Waals surface area contributed by atoms with Crippen LogP contribution < -0.4 is 0 Å². The summed E-state index contributed by atoms with van der Waals surface area (Å²) in [6, 6.07) is 0. The number of carbonyl (C=O) groups excluding carboxylic acids is 1. The van der Waals surface area contributed by atoms with Gasteiger partial charge in [-0.15, -0.1) is 0 Å². The molecule has 0 amide bonds. The van der Waals surface area contributed by atoms with Crippen molar-refractivity contribution < 1.29 is 14.3 Å². The molecule has 0 bridgehead atoms. The molecule has 0 spiro atoms. The SMILES string of the molecule is CCC(C)C(=O)OCC1(C)CO1. The Bertz CT molecular complexity index is 173. The maximum atomic E-state index is 11.2. The minimum Gasteiger partial charge on any atom is -0.462 e. The topological polar surface area (TPSA) is 38.8 Å². The number of hydrogen-bond acceptors (Lipinski definition) is 3. The van der Waals surface area contributed by atoms with E-state index >= 15 is 0 Å². The van der Waals surface area contributed by atoms with Crippen LogP contribution in [0.2, 0.25) is 0 Å². The average molecular weight is 172 g/mol. The molecule has 1 fully saturated rings. The predicted octanol–water partition coefficient (Wildman–Crippen LogP) is 1.36. The highest BCUT2D eigenvalue weighted by Gasteiger charge is 2.40. The Labute approximate surface area is 73.0 Å². The van der Waals surface area contributed by atoms with Crippen molar-refractivity contribution in [1.29, 1.82) is 0 Å². The first-order valence-electron chi connectivity index (χ1n) is 4.38. The largest absolute Gasteiger partial charge is 0.462 e. The molecule has 0 radical (unpaired) electrons. The zero-order valence-electron chi connectivity index (χ0n) is 7.92. The molecule has 70 valence electrons. The van der Waals surface area contributed by atoms with E-state index in [9.17, 15) is 4.79 Å². The third kappa shape index (κ3) is 2.48. The molecule has 0 aliphatic carbocycles. The van der Waals surface area contributed by atoms with Gasteiger partial charge in [0.2, 0.25) is 0 Å². The van der Waals surface area contributed by atoms with Crippen molar-refractivity contribution in [3.05, 3.63) is 0 Å². The lowest BCUT2D eigenvalue weighted by molar-refractivity contribution is -0.149. The highest BCUT2D eigenvalue weighted by molar-refractivity contribution is 5.71. The fourth-order valence-corrected chi connectivity index (χ4v) is 0.739. The van der Waals surface area contributed by atoms with E-state index in [4.69, 9.17) is 9.47 Å². The smallest absolute Gasteiger partial charge is 0.308 e. The van der Waals surface area contributed by atoms with Crippen molar-refractivity contribution >= 4 is 5.97 Å². The summed E-state index contributed by atoms with van der Waals surface area (Å²) in [7, 11) is 0. The van der Waals surface area contributed by atoms with Gasteiger partial charge in [-0.1, -0.05) is 13.8 Å². The van der Waals surface area contributed by atoms with Crippen molar-refractivity contribution in [2.75, 3.05) is 13.2 Å². The van der Waals surface area contributed by atoms with E-state index in [1.807, 2.05) is 20.8 Å². The highest BCUT2D eigenvalue weighted by Crippen LogP contribution is 2.26. The molecule has 1 rings (SSSR count). The predicted molar refractivity (Wildman–Crippen MR) is 44.8 cm³/mol. The number of rotatable bonds is 4. The van der Waals surface area contributed by atoms with Crippen molar-refractivity contribution in [3.8, 4) is 0 Å². The number of hydrogen-bond donors (Lipinski definition) is 0. The lowest BCUT2D eigenvalue weighted by Crippen LogP contribution is -2.22. The Kier molecular flexibility index (Phi) is 2.73. The van der Waals surface area contributed by atoms with Gasteiger partial charge in [-0.3, -0.25) is 4.79 Å². The second kappa shape index (κ2) is 3.44. The van der Waals surface area contributed by atoms with Gasteiger partial charge in [0.15, 0.2) is 0 Å². The molecule has 0 aromatic rings. The molecule has 2 atom stereocenters. The first-order chi connectivity index (χ1) is 5.57. The first kappa shape index (κ1) is 9.52. The van der Waals surface area contributed by atoms with Gasteiger partial charge >= 0.3 is 5.97 Å². The van der Waals surface area contributed by atoms with Crippen molar-refractivity contribution in [2.24, 2.45) is 5.92 Å². The lowest BCUT2D eigenvalue weighted by atomic mass is 10.1. The number of esters is 1. The van der Waals surface area contributed by atoms with Crippen LogP contribution in [-0.2, 0) is 14.3 Å². The molecule has 0 aromatic carbocycles. The molecule has 1 heterocycles. The molecule has 3 heteroatoms. The zero-order valence-corrected chi connectivity index (χ0v) is 7.92. The third-order valence-electron chi connectivity index (χ3n) is 2.17. The van der Waals surface area contributed by atoms with Crippen LogP contribution in [0, 0.1) is 5.92 Å².